The summed E-state index contributed by atoms with van der Waals surface area (Å²) < 4.78 is 53.9. The summed E-state index contributed by atoms with van der Waals surface area (Å²) >= 11 is 0.172. The summed E-state index contributed by atoms with van der Waals surface area (Å²) in [5, 5.41) is 4.94. The maximum atomic E-state index is 12.8. The maximum Gasteiger partial charge on any atom is 0.515 e. The lowest BCUT2D eigenvalue weighted by Crippen LogP contribution is -2.55. The van der Waals surface area contributed by atoms with E-state index in [0.29, 0.717) is 0 Å². The van der Waals surface area contributed by atoms with E-state index in [-0.39, 0.29) is 40.9 Å². The maximum absolute atomic E-state index is 12.8. The van der Waals surface area contributed by atoms with Gasteiger partial charge in [-0.15, -0.1) is 10.2 Å². The topological polar surface area (TPSA) is 94.1 Å². The molecule has 2 amide bonds. The molecule has 1 aliphatic heterocycles. The van der Waals surface area contributed by atoms with E-state index in [1.54, 1.807) is 18.2 Å². The number of para-hydroxylation sites is 2. The first-order valence-corrected chi connectivity index (χ1v) is 8.99. The first-order chi connectivity index (χ1) is 13.7. The second kappa shape index (κ2) is 8.11. The third kappa shape index (κ3) is 4.50. The van der Waals surface area contributed by atoms with E-state index in [2.05, 4.69) is 10.2 Å². The average molecular weight is 432 g/mol. The SMILES string of the molecule is COc1ccccc1OC(=O)OC1CCN(C)C(=O)N1c1nnc(C(F)(F)F)s1. The van der Waals surface area contributed by atoms with Crippen molar-refractivity contribution < 1.29 is 37.0 Å². The Morgan fingerprint density at radius 2 is 1.93 bits per heavy atom. The zero-order valence-corrected chi connectivity index (χ0v) is 16.0. The first-order valence-electron chi connectivity index (χ1n) is 8.17. The molecule has 13 heteroatoms. The molecule has 9 nitrogen and oxygen atoms in total. The van der Waals surface area contributed by atoms with Crippen molar-refractivity contribution >= 4 is 28.7 Å². The Bertz CT molecular complexity index is 907. The Morgan fingerprint density at radius 3 is 2.55 bits per heavy atom. The van der Waals surface area contributed by atoms with Crippen molar-refractivity contribution in [2.24, 2.45) is 0 Å². The molecular formula is C16H15F3N4O5S. The lowest BCUT2D eigenvalue weighted by atomic mass is 10.3. The molecular weight excluding hydrogens is 417 g/mol. The molecule has 1 aromatic carbocycles. The van der Waals surface area contributed by atoms with Crippen LogP contribution in [0.15, 0.2) is 24.3 Å². The second-order valence-corrected chi connectivity index (χ2v) is 6.78. The van der Waals surface area contributed by atoms with Crippen LogP contribution in [0.2, 0.25) is 0 Å². The third-order valence-electron chi connectivity index (χ3n) is 3.89. The van der Waals surface area contributed by atoms with Crippen molar-refractivity contribution in [2.45, 2.75) is 18.8 Å². The summed E-state index contributed by atoms with van der Waals surface area (Å²) in [4.78, 5) is 26.8. The number of carbonyl (C=O) groups is 2. The van der Waals surface area contributed by atoms with Gasteiger partial charge in [0.2, 0.25) is 10.1 Å². The molecule has 1 atom stereocenters. The van der Waals surface area contributed by atoms with E-state index in [9.17, 15) is 22.8 Å². The van der Waals surface area contributed by atoms with Crippen LogP contribution < -0.4 is 14.4 Å². The number of aromatic nitrogens is 2. The summed E-state index contributed by atoms with van der Waals surface area (Å²) in [5.74, 6) is 0.362. The van der Waals surface area contributed by atoms with Crippen LogP contribution in [0, 0.1) is 0 Å². The molecule has 29 heavy (non-hydrogen) atoms. The molecule has 0 spiro atoms. The third-order valence-corrected chi connectivity index (χ3v) is 4.86. The lowest BCUT2D eigenvalue weighted by molar-refractivity contribution is -0.138. The number of halogens is 3. The van der Waals surface area contributed by atoms with Crippen molar-refractivity contribution in [3.63, 3.8) is 0 Å². The summed E-state index contributed by atoms with van der Waals surface area (Å²) in [6, 6.07) is 5.63. The van der Waals surface area contributed by atoms with Crippen molar-refractivity contribution in [2.75, 3.05) is 25.6 Å². The Hall–Kier alpha value is -3.09. The van der Waals surface area contributed by atoms with Gasteiger partial charge in [-0.25, -0.2) is 14.5 Å². The first kappa shape index (κ1) is 20.6. The van der Waals surface area contributed by atoms with Crippen LogP contribution in [0.5, 0.6) is 11.5 Å². The largest absolute Gasteiger partial charge is 0.515 e. The van der Waals surface area contributed by atoms with Crippen molar-refractivity contribution in [3.05, 3.63) is 29.3 Å². The molecule has 0 N–H and O–H groups in total. The Balaban J connectivity index is 1.79. The van der Waals surface area contributed by atoms with E-state index >= 15 is 0 Å². The number of alkyl halides is 3. The van der Waals surface area contributed by atoms with Crippen molar-refractivity contribution in [3.8, 4) is 11.5 Å². The molecule has 1 aromatic heterocycles. The number of amides is 2. The van der Waals surface area contributed by atoms with Crippen molar-refractivity contribution in [1.29, 1.82) is 0 Å². The molecule has 1 aliphatic rings. The number of hydrogen-bond donors (Lipinski definition) is 0. The highest BCUT2D eigenvalue weighted by atomic mass is 32.1. The van der Waals surface area contributed by atoms with Gasteiger partial charge < -0.3 is 19.1 Å². The van der Waals surface area contributed by atoms with Gasteiger partial charge in [0.05, 0.1) is 7.11 Å². The highest BCUT2D eigenvalue weighted by Crippen LogP contribution is 2.36. The number of ether oxygens (including phenoxy) is 3. The van der Waals surface area contributed by atoms with Crippen molar-refractivity contribution in [1.82, 2.24) is 15.1 Å². The Morgan fingerprint density at radius 1 is 1.24 bits per heavy atom. The molecule has 2 aromatic rings. The molecule has 0 radical (unpaired) electrons. The van der Waals surface area contributed by atoms with E-state index in [1.165, 1.54) is 25.1 Å². The number of nitrogens with zero attached hydrogens (tertiary/aromatic N) is 4. The summed E-state index contributed by atoms with van der Waals surface area (Å²) in [5.41, 5.74) is 0. The second-order valence-electron chi connectivity index (χ2n) is 5.83. The van der Waals surface area contributed by atoms with Gasteiger partial charge in [0.15, 0.2) is 17.7 Å². The molecule has 1 saturated heterocycles. The number of carbonyl (C=O) groups excluding carboxylic acids is 2. The Labute approximate surface area is 166 Å². The smallest absolute Gasteiger partial charge is 0.493 e. The molecule has 0 saturated carbocycles. The minimum Gasteiger partial charge on any atom is -0.493 e. The zero-order chi connectivity index (χ0) is 21.2. The minimum atomic E-state index is -4.71. The van der Waals surface area contributed by atoms with Gasteiger partial charge in [-0.05, 0) is 12.1 Å². The van der Waals surface area contributed by atoms with Crippen LogP contribution in [0.1, 0.15) is 11.4 Å². The number of benzene rings is 1. The van der Waals surface area contributed by atoms with Crippen LogP contribution in [0.4, 0.5) is 27.9 Å². The lowest BCUT2D eigenvalue weighted by Gasteiger charge is -2.36. The predicted molar refractivity (Wildman–Crippen MR) is 93.9 cm³/mol. The standard InChI is InChI=1S/C16H15F3N4O5S/c1-22-8-7-11(28-15(25)27-10-6-4-3-5-9(10)26-2)23(14(22)24)13-21-20-12(29-13)16(17,18)19/h3-6,11H,7-8H2,1-2H3. The quantitative estimate of drug-likeness (QED) is 0.540. The predicted octanol–water partition coefficient (Wildman–Crippen LogP) is 3.37. The molecule has 0 aliphatic carbocycles. The van der Waals surface area contributed by atoms with Crippen LogP contribution in [-0.4, -0.2) is 54.2 Å². The van der Waals surface area contributed by atoms with E-state index in [4.69, 9.17) is 14.2 Å². The zero-order valence-electron chi connectivity index (χ0n) is 15.2. The molecule has 0 bridgehead atoms. The van der Waals surface area contributed by atoms with Gasteiger partial charge in [0.25, 0.3) is 0 Å². The number of anilines is 1. The summed E-state index contributed by atoms with van der Waals surface area (Å²) in [7, 11) is 2.85. The molecule has 1 unspecified atom stereocenters. The highest BCUT2D eigenvalue weighted by molar-refractivity contribution is 7.15. The number of methoxy groups -OCH3 is 1. The fourth-order valence-corrected chi connectivity index (χ4v) is 3.25. The highest BCUT2D eigenvalue weighted by Gasteiger charge is 2.41. The average Bonchev–Trinajstić information content (AvgIpc) is 3.15. The summed E-state index contributed by atoms with van der Waals surface area (Å²) in [6.45, 7) is 0.215. The van der Waals surface area contributed by atoms with E-state index in [1.807, 2.05) is 0 Å². The normalized spacial score (nSPS) is 17.3. The number of hydrogen-bond acceptors (Lipinski definition) is 8. The van der Waals surface area contributed by atoms with E-state index < -0.39 is 29.6 Å². The van der Waals surface area contributed by atoms with Gasteiger partial charge in [0, 0.05) is 20.0 Å². The fourth-order valence-electron chi connectivity index (χ4n) is 2.51. The van der Waals surface area contributed by atoms with Crippen LogP contribution in [0.25, 0.3) is 0 Å². The number of urea groups is 1. The molecule has 3 rings (SSSR count). The van der Waals surface area contributed by atoms with Gasteiger partial charge >= 0.3 is 18.4 Å². The molecule has 1 fully saturated rings. The van der Waals surface area contributed by atoms with Crippen LogP contribution in [-0.2, 0) is 10.9 Å². The molecule has 2 heterocycles. The molecule has 156 valence electrons. The van der Waals surface area contributed by atoms with Gasteiger partial charge in [-0.2, -0.15) is 13.2 Å². The van der Waals surface area contributed by atoms with E-state index in [0.717, 1.165) is 4.90 Å². The van der Waals surface area contributed by atoms with Gasteiger partial charge in [-0.3, -0.25) is 0 Å². The van der Waals surface area contributed by atoms with Gasteiger partial charge in [0.1, 0.15) is 0 Å². The monoisotopic (exact) mass is 432 g/mol. The summed E-state index contributed by atoms with van der Waals surface area (Å²) in [6.07, 6.45) is -6.94. The van der Waals surface area contributed by atoms with Gasteiger partial charge in [-0.1, -0.05) is 23.5 Å². The fraction of sp³-hybridized carbons (Fsp3) is 0.375. The number of rotatable bonds is 4. The van der Waals surface area contributed by atoms with Crippen LogP contribution >= 0.6 is 11.3 Å². The van der Waals surface area contributed by atoms with Crippen LogP contribution in [0.3, 0.4) is 0 Å². The Kier molecular flexibility index (Phi) is 5.77. The minimum absolute atomic E-state index is 0.0843.